The lowest BCUT2D eigenvalue weighted by molar-refractivity contribution is -0.118. The Morgan fingerprint density at radius 1 is 1.00 bits per heavy atom. The van der Waals surface area contributed by atoms with Crippen LogP contribution in [0.2, 0.25) is 0 Å². The number of nitrogens with one attached hydrogen (secondary N) is 2. The minimum absolute atomic E-state index is 0.296. The number of hydrogen-bond acceptors (Lipinski definition) is 5. The summed E-state index contributed by atoms with van der Waals surface area (Å²) in [6.45, 7) is 1.59. The summed E-state index contributed by atoms with van der Waals surface area (Å²) in [6.07, 6.45) is 4.37. The summed E-state index contributed by atoms with van der Waals surface area (Å²) in [6, 6.07) is 19.4. The number of ether oxygens (including phenoxy) is 1. The van der Waals surface area contributed by atoms with Crippen LogP contribution in [0.5, 0.6) is 5.75 Å². The molecule has 33 heavy (non-hydrogen) atoms. The maximum Gasteiger partial charge on any atom is 0.253 e. The minimum atomic E-state index is -0.748. The van der Waals surface area contributed by atoms with E-state index in [1.54, 1.807) is 30.5 Å². The van der Waals surface area contributed by atoms with Gasteiger partial charge in [0, 0.05) is 31.0 Å². The van der Waals surface area contributed by atoms with Gasteiger partial charge in [-0.25, -0.2) is 0 Å². The lowest BCUT2D eigenvalue weighted by Crippen LogP contribution is -2.45. The van der Waals surface area contributed by atoms with E-state index in [1.807, 2.05) is 56.6 Å². The summed E-state index contributed by atoms with van der Waals surface area (Å²) >= 11 is 0. The summed E-state index contributed by atoms with van der Waals surface area (Å²) in [7, 11) is 4.06. The average molecular weight is 447 g/mol. The average Bonchev–Trinajstić information content (AvgIpc) is 2.83. The third-order valence-electron chi connectivity index (χ3n) is 4.97. The predicted molar refractivity (Wildman–Crippen MR) is 129 cm³/mol. The lowest BCUT2D eigenvalue weighted by Gasteiger charge is -2.19. The smallest absolute Gasteiger partial charge is 0.253 e. The Kier molecular flexibility index (Phi) is 8.97. The number of pyridine rings is 1. The molecule has 0 aliphatic carbocycles. The van der Waals surface area contributed by atoms with Gasteiger partial charge in [0.2, 0.25) is 5.91 Å². The molecule has 2 N–H and O–H groups in total. The van der Waals surface area contributed by atoms with Crippen LogP contribution in [-0.4, -0.2) is 55.0 Å². The van der Waals surface area contributed by atoms with E-state index in [9.17, 15) is 9.59 Å². The predicted octanol–water partition coefficient (Wildman–Crippen LogP) is 3.39. The SMILES string of the molecule is CN(C)CCCOc1ccc(NC(=O)C(Cc2ccccc2)NC(=O)c2cccnc2)cc1. The number of anilines is 1. The molecule has 0 radical (unpaired) electrons. The maximum absolute atomic E-state index is 13.1. The van der Waals surface area contributed by atoms with E-state index in [0.717, 1.165) is 24.3 Å². The third kappa shape index (κ3) is 8.05. The second-order valence-electron chi connectivity index (χ2n) is 7.98. The molecule has 0 aliphatic rings. The van der Waals surface area contributed by atoms with Gasteiger partial charge in [-0.15, -0.1) is 0 Å². The zero-order valence-corrected chi connectivity index (χ0v) is 19.0. The topological polar surface area (TPSA) is 83.6 Å². The van der Waals surface area contributed by atoms with Crippen LogP contribution >= 0.6 is 0 Å². The van der Waals surface area contributed by atoms with Gasteiger partial charge in [0.25, 0.3) is 5.91 Å². The molecule has 1 heterocycles. The summed E-state index contributed by atoms with van der Waals surface area (Å²) in [5.74, 6) is 0.105. The van der Waals surface area contributed by atoms with Crippen molar-refractivity contribution >= 4 is 17.5 Å². The molecule has 1 atom stereocenters. The molecule has 0 aliphatic heterocycles. The van der Waals surface area contributed by atoms with Crippen LogP contribution in [0.3, 0.4) is 0 Å². The molecule has 2 aromatic carbocycles. The van der Waals surface area contributed by atoms with Crippen molar-refractivity contribution in [3.63, 3.8) is 0 Å². The molecule has 172 valence electrons. The van der Waals surface area contributed by atoms with E-state index < -0.39 is 6.04 Å². The molecule has 3 rings (SSSR count). The van der Waals surface area contributed by atoms with Gasteiger partial charge in [0.05, 0.1) is 12.2 Å². The van der Waals surface area contributed by atoms with E-state index >= 15 is 0 Å². The normalized spacial score (nSPS) is 11.6. The second-order valence-corrected chi connectivity index (χ2v) is 7.98. The molecule has 7 nitrogen and oxygen atoms in total. The standard InChI is InChI=1S/C26H30N4O3/c1-30(2)16-7-17-33-23-13-11-22(12-14-23)28-26(32)24(18-20-8-4-3-5-9-20)29-25(31)21-10-6-15-27-19-21/h3-6,8-15,19,24H,7,16-18H2,1-2H3,(H,28,32)(H,29,31). The zero-order chi connectivity index (χ0) is 23.5. The van der Waals surface area contributed by atoms with Crippen molar-refractivity contribution in [1.82, 2.24) is 15.2 Å². The molecular weight excluding hydrogens is 416 g/mol. The van der Waals surface area contributed by atoms with E-state index in [4.69, 9.17) is 4.74 Å². The van der Waals surface area contributed by atoms with Crippen LogP contribution in [0.25, 0.3) is 0 Å². The maximum atomic E-state index is 13.1. The quantitative estimate of drug-likeness (QED) is 0.441. The van der Waals surface area contributed by atoms with Crippen molar-refractivity contribution < 1.29 is 14.3 Å². The summed E-state index contributed by atoms with van der Waals surface area (Å²) < 4.78 is 5.74. The highest BCUT2D eigenvalue weighted by Gasteiger charge is 2.22. The molecule has 0 saturated carbocycles. The van der Waals surface area contributed by atoms with Crippen molar-refractivity contribution in [3.05, 3.63) is 90.3 Å². The minimum Gasteiger partial charge on any atom is -0.494 e. The number of amides is 2. The Morgan fingerprint density at radius 2 is 1.76 bits per heavy atom. The van der Waals surface area contributed by atoms with E-state index in [1.165, 1.54) is 6.20 Å². The second kappa shape index (κ2) is 12.4. The monoisotopic (exact) mass is 446 g/mol. The number of carbonyl (C=O) groups is 2. The van der Waals surface area contributed by atoms with Crippen molar-refractivity contribution in [2.24, 2.45) is 0 Å². The largest absolute Gasteiger partial charge is 0.494 e. The van der Waals surface area contributed by atoms with Crippen LogP contribution in [-0.2, 0) is 11.2 Å². The number of hydrogen-bond donors (Lipinski definition) is 2. The Hall–Kier alpha value is -3.71. The molecule has 0 spiro atoms. The van der Waals surface area contributed by atoms with Gasteiger partial charge in [-0.2, -0.15) is 0 Å². The van der Waals surface area contributed by atoms with Gasteiger partial charge in [0.15, 0.2) is 0 Å². The number of carbonyl (C=O) groups excluding carboxylic acids is 2. The Balaban J connectivity index is 1.63. The van der Waals surface area contributed by atoms with E-state index in [2.05, 4.69) is 20.5 Å². The first-order valence-corrected chi connectivity index (χ1v) is 10.9. The van der Waals surface area contributed by atoms with Crippen molar-refractivity contribution in [2.75, 3.05) is 32.6 Å². The summed E-state index contributed by atoms with van der Waals surface area (Å²) in [5, 5.41) is 5.73. The number of nitrogens with zero attached hydrogens (tertiary/aromatic N) is 2. The van der Waals surface area contributed by atoms with Crippen molar-refractivity contribution in [1.29, 1.82) is 0 Å². The van der Waals surface area contributed by atoms with E-state index in [0.29, 0.717) is 24.3 Å². The molecule has 1 aromatic heterocycles. The molecule has 0 fully saturated rings. The zero-order valence-electron chi connectivity index (χ0n) is 19.0. The van der Waals surface area contributed by atoms with Crippen LogP contribution in [0, 0.1) is 0 Å². The summed E-state index contributed by atoms with van der Waals surface area (Å²) in [4.78, 5) is 31.8. The fourth-order valence-corrected chi connectivity index (χ4v) is 3.23. The van der Waals surface area contributed by atoms with Crippen LogP contribution < -0.4 is 15.4 Å². The number of aromatic nitrogens is 1. The fourth-order valence-electron chi connectivity index (χ4n) is 3.23. The fraction of sp³-hybridized carbons (Fsp3) is 0.269. The van der Waals surface area contributed by atoms with Crippen LogP contribution in [0.15, 0.2) is 79.1 Å². The Bertz CT molecular complexity index is 1010. The van der Waals surface area contributed by atoms with Gasteiger partial charge >= 0.3 is 0 Å². The summed E-state index contributed by atoms with van der Waals surface area (Å²) in [5.41, 5.74) is 1.99. The van der Waals surface area contributed by atoms with Gasteiger partial charge in [-0.1, -0.05) is 30.3 Å². The Morgan fingerprint density at radius 3 is 2.42 bits per heavy atom. The van der Waals surface area contributed by atoms with Crippen molar-refractivity contribution in [3.8, 4) is 5.75 Å². The van der Waals surface area contributed by atoms with Crippen LogP contribution in [0.4, 0.5) is 5.69 Å². The van der Waals surface area contributed by atoms with Gasteiger partial charge in [-0.05, 0) is 62.5 Å². The van der Waals surface area contributed by atoms with Gasteiger partial charge < -0.3 is 20.3 Å². The first kappa shape index (κ1) is 23.9. The van der Waals surface area contributed by atoms with Crippen molar-refractivity contribution in [2.45, 2.75) is 18.9 Å². The molecular formula is C26H30N4O3. The highest BCUT2D eigenvalue weighted by Crippen LogP contribution is 2.17. The van der Waals surface area contributed by atoms with Gasteiger partial charge in [-0.3, -0.25) is 14.6 Å². The Labute approximate surface area is 194 Å². The molecule has 0 saturated heterocycles. The molecule has 3 aromatic rings. The number of benzene rings is 2. The molecule has 2 amide bonds. The first-order chi connectivity index (χ1) is 16.0. The van der Waals surface area contributed by atoms with Crippen LogP contribution in [0.1, 0.15) is 22.3 Å². The highest BCUT2D eigenvalue weighted by molar-refractivity contribution is 6.01. The first-order valence-electron chi connectivity index (χ1n) is 10.9. The highest BCUT2D eigenvalue weighted by atomic mass is 16.5. The number of rotatable bonds is 11. The lowest BCUT2D eigenvalue weighted by atomic mass is 10.0. The van der Waals surface area contributed by atoms with E-state index in [-0.39, 0.29) is 11.8 Å². The third-order valence-corrected chi connectivity index (χ3v) is 4.97. The van der Waals surface area contributed by atoms with Gasteiger partial charge in [0.1, 0.15) is 11.8 Å². The molecule has 0 bridgehead atoms. The molecule has 7 heteroatoms. The molecule has 1 unspecified atom stereocenters.